The lowest BCUT2D eigenvalue weighted by Gasteiger charge is -2.02. The van der Waals surface area contributed by atoms with Crippen molar-refractivity contribution in [2.45, 2.75) is 6.42 Å². The maximum atomic E-state index is 10.5. The second-order valence-corrected chi connectivity index (χ2v) is 5.51. The molecule has 72 valence electrons. The Bertz CT molecular complexity index is 211. The summed E-state index contributed by atoms with van der Waals surface area (Å²) in [5.74, 6) is 0. The van der Waals surface area contributed by atoms with Crippen LogP contribution in [-0.2, 0) is 9.36 Å². The second kappa shape index (κ2) is 3.89. The average molecular weight is 219 g/mol. The van der Waals surface area contributed by atoms with Crippen molar-refractivity contribution in [3.05, 3.63) is 0 Å². The van der Waals surface area contributed by atoms with E-state index < -0.39 is 33.6 Å². The third-order valence-corrected chi connectivity index (χ3v) is 2.65. The van der Waals surface area contributed by atoms with Gasteiger partial charge >= 0.3 is 21.1 Å². The van der Waals surface area contributed by atoms with E-state index in [4.69, 9.17) is 24.5 Å². The monoisotopic (exact) mass is 219 g/mol. The zero-order valence-corrected chi connectivity index (χ0v) is 7.65. The topological polar surface area (TPSA) is 135 Å². The highest BCUT2D eigenvalue weighted by atomic mass is 31.2. The third-order valence-electron chi connectivity index (χ3n) is 0.952. The van der Waals surface area contributed by atoms with Crippen LogP contribution in [-0.4, -0.2) is 36.2 Å². The van der Waals surface area contributed by atoms with E-state index in [1.165, 1.54) is 0 Å². The Labute approximate surface area is 68.4 Å². The molecule has 0 aliphatic carbocycles. The molecule has 0 radical (unpaired) electrons. The van der Waals surface area contributed by atoms with Gasteiger partial charge in [0.05, 0.1) is 12.6 Å². The van der Waals surface area contributed by atoms with Crippen LogP contribution in [0.1, 0.15) is 6.42 Å². The summed E-state index contributed by atoms with van der Waals surface area (Å²) in [5.41, 5.74) is -1.34. The van der Waals surface area contributed by atoms with Gasteiger partial charge in [-0.15, -0.1) is 0 Å². The molecule has 0 aromatic heterocycles. The standard InChI is InChI=1S/C3H8O7P2/c4-3(12(8,9)10)1-2-11(5,6)7/h8-10H,1-2H2,(H-,5,6,7)/p+1. The SMILES string of the molecule is O=C(CCP(=O)(O)O)[P+](O)(O)O. The van der Waals surface area contributed by atoms with Crippen LogP contribution in [0.5, 0.6) is 0 Å². The lowest BCUT2D eigenvalue weighted by Crippen LogP contribution is -2.06. The van der Waals surface area contributed by atoms with Crippen LogP contribution < -0.4 is 0 Å². The second-order valence-electron chi connectivity index (χ2n) is 2.10. The highest BCUT2D eigenvalue weighted by molar-refractivity contribution is 7.76. The van der Waals surface area contributed by atoms with Crippen LogP contribution in [0.4, 0.5) is 0 Å². The molecule has 9 heteroatoms. The summed E-state index contributed by atoms with van der Waals surface area (Å²) in [7, 11) is -8.90. The fourth-order valence-electron chi connectivity index (χ4n) is 0.391. The van der Waals surface area contributed by atoms with Gasteiger partial charge in [0.2, 0.25) is 0 Å². The highest BCUT2D eigenvalue weighted by Gasteiger charge is 2.42. The zero-order chi connectivity index (χ0) is 9.99. The lowest BCUT2D eigenvalue weighted by atomic mass is 10.5. The van der Waals surface area contributed by atoms with Crippen LogP contribution in [0.25, 0.3) is 0 Å². The number of carbonyl (C=O) groups excluding carboxylic acids is 1. The van der Waals surface area contributed by atoms with Crippen LogP contribution in [0, 0.1) is 0 Å². The van der Waals surface area contributed by atoms with Gasteiger partial charge in [0.25, 0.3) is 0 Å². The highest BCUT2D eigenvalue weighted by Crippen LogP contribution is 2.48. The first-order chi connectivity index (χ1) is 5.13. The Morgan fingerprint density at radius 1 is 1.25 bits per heavy atom. The fraction of sp³-hybridized carbons (Fsp3) is 0.667. The van der Waals surface area contributed by atoms with Gasteiger partial charge in [-0.3, -0.25) is 4.57 Å². The number of rotatable bonds is 4. The molecule has 0 saturated carbocycles. The van der Waals surface area contributed by atoms with Gasteiger partial charge in [-0.2, -0.15) is 14.7 Å². The normalized spacial score (nSPS) is 13.1. The average Bonchev–Trinajstić information content (AvgIpc) is 1.78. The van der Waals surface area contributed by atoms with Gasteiger partial charge in [0.15, 0.2) is 0 Å². The quantitative estimate of drug-likeness (QED) is 0.375. The molecule has 5 N–H and O–H groups in total. The number of carbonyl (C=O) groups is 1. The Hall–Kier alpha value is 0.130. The first-order valence-corrected chi connectivity index (χ1v) is 6.22. The summed E-state index contributed by atoms with van der Waals surface area (Å²) >= 11 is 0. The van der Waals surface area contributed by atoms with Crippen molar-refractivity contribution in [3.63, 3.8) is 0 Å². The van der Waals surface area contributed by atoms with Crippen LogP contribution in [0.3, 0.4) is 0 Å². The van der Waals surface area contributed by atoms with Gasteiger partial charge in [-0.25, -0.2) is 4.79 Å². The Morgan fingerprint density at radius 3 is 1.92 bits per heavy atom. The zero-order valence-electron chi connectivity index (χ0n) is 5.86. The molecule has 0 aromatic carbocycles. The van der Waals surface area contributed by atoms with Crippen LogP contribution in [0.2, 0.25) is 0 Å². The molecule has 0 fully saturated rings. The minimum absolute atomic E-state index is 0.748. The fourth-order valence-corrected chi connectivity index (χ4v) is 1.47. The van der Waals surface area contributed by atoms with Crippen molar-refractivity contribution >= 4 is 21.1 Å². The van der Waals surface area contributed by atoms with Gasteiger partial charge in [0, 0.05) is 0 Å². The Balaban J connectivity index is 3.98. The molecule has 12 heavy (non-hydrogen) atoms. The number of hydrogen-bond acceptors (Lipinski definition) is 5. The number of hydrogen-bond donors (Lipinski definition) is 5. The minimum Gasteiger partial charge on any atom is -0.324 e. The van der Waals surface area contributed by atoms with Gasteiger partial charge in [-0.1, -0.05) is 0 Å². The molecule has 0 heterocycles. The molecule has 0 unspecified atom stereocenters. The van der Waals surface area contributed by atoms with Gasteiger partial charge < -0.3 is 9.79 Å². The molecule has 0 amide bonds. The third kappa shape index (κ3) is 5.74. The van der Waals surface area contributed by atoms with E-state index in [-0.39, 0.29) is 0 Å². The van der Waals surface area contributed by atoms with Crippen molar-refractivity contribution in [1.29, 1.82) is 0 Å². The molecule has 0 bridgehead atoms. The van der Waals surface area contributed by atoms with Gasteiger partial charge in [-0.05, 0) is 0 Å². The van der Waals surface area contributed by atoms with E-state index in [9.17, 15) is 9.36 Å². The van der Waals surface area contributed by atoms with Crippen LogP contribution in [0.15, 0.2) is 0 Å². The molecule has 0 rings (SSSR count). The van der Waals surface area contributed by atoms with E-state index >= 15 is 0 Å². The van der Waals surface area contributed by atoms with E-state index in [1.54, 1.807) is 0 Å². The van der Waals surface area contributed by atoms with Crippen molar-refractivity contribution in [2.75, 3.05) is 6.16 Å². The van der Waals surface area contributed by atoms with Crippen molar-refractivity contribution in [3.8, 4) is 0 Å². The smallest absolute Gasteiger partial charge is 0.324 e. The lowest BCUT2D eigenvalue weighted by molar-refractivity contribution is -0.113. The van der Waals surface area contributed by atoms with E-state index in [0.29, 0.717) is 0 Å². The minimum atomic E-state index is -4.58. The first kappa shape index (κ1) is 12.1. The molecule has 0 aliphatic heterocycles. The largest absolute Gasteiger partial charge is 0.478 e. The molecule has 0 saturated heterocycles. The summed E-state index contributed by atoms with van der Waals surface area (Å²) in [6.45, 7) is 0. The van der Waals surface area contributed by atoms with Crippen molar-refractivity contribution < 1.29 is 33.8 Å². The first-order valence-electron chi connectivity index (χ1n) is 2.78. The Kier molecular flexibility index (Phi) is 3.93. The molecular weight excluding hydrogens is 210 g/mol. The molecule has 0 aliphatic rings. The molecule has 0 aromatic rings. The van der Waals surface area contributed by atoms with Crippen molar-refractivity contribution in [2.24, 2.45) is 0 Å². The van der Waals surface area contributed by atoms with E-state index in [1.807, 2.05) is 0 Å². The molecule has 7 nitrogen and oxygen atoms in total. The maximum absolute atomic E-state index is 10.5. The Morgan fingerprint density at radius 2 is 1.67 bits per heavy atom. The predicted octanol–water partition coefficient (Wildman–Crippen LogP) is -1.18. The summed E-state index contributed by atoms with van der Waals surface area (Å²) in [6, 6.07) is 0. The maximum Gasteiger partial charge on any atom is 0.478 e. The van der Waals surface area contributed by atoms with Crippen LogP contribution >= 0.6 is 15.5 Å². The molecular formula is C3H9O7P2+. The van der Waals surface area contributed by atoms with Crippen molar-refractivity contribution in [1.82, 2.24) is 0 Å². The van der Waals surface area contributed by atoms with E-state index in [0.717, 1.165) is 0 Å². The van der Waals surface area contributed by atoms with Gasteiger partial charge in [0.1, 0.15) is 0 Å². The molecule has 0 spiro atoms. The summed E-state index contributed by atoms with van der Waals surface area (Å²) in [5, 5.41) is 0. The summed E-state index contributed by atoms with van der Waals surface area (Å²) in [6.07, 6.45) is -1.54. The molecule has 0 atom stereocenters. The van der Waals surface area contributed by atoms with E-state index in [2.05, 4.69) is 0 Å². The summed E-state index contributed by atoms with van der Waals surface area (Å²) in [4.78, 5) is 51.9. The predicted molar refractivity (Wildman–Crippen MR) is 40.1 cm³/mol. The summed E-state index contributed by atoms with van der Waals surface area (Å²) < 4.78 is 10.2.